The van der Waals surface area contributed by atoms with E-state index in [1.54, 1.807) is 0 Å². The lowest BCUT2D eigenvalue weighted by Gasteiger charge is -2.11. The zero-order valence-corrected chi connectivity index (χ0v) is 31.2. The molecule has 0 aliphatic carbocycles. The van der Waals surface area contributed by atoms with Crippen LogP contribution in [-0.4, -0.2) is 19.5 Å². The molecule has 0 saturated heterocycles. The molecule has 3 heterocycles. The second-order valence-corrected chi connectivity index (χ2v) is 14.8. The van der Waals surface area contributed by atoms with Crippen molar-refractivity contribution in [1.82, 2.24) is 19.5 Å². The highest BCUT2D eigenvalue weighted by molar-refractivity contribution is 6.17. The Labute approximate surface area is 333 Å². The average Bonchev–Trinajstić information content (AvgIpc) is 3.85. The van der Waals surface area contributed by atoms with Crippen LogP contribution in [0.5, 0.6) is 0 Å². The first-order chi connectivity index (χ1) is 28.7. The summed E-state index contributed by atoms with van der Waals surface area (Å²) in [5.74, 6) is 1.82. The maximum absolute atomic E-state index is 6.74. The van der Waals surface area contributed by atoms with Gasteiger partial charge in [0.25, 0.3) is 0 Å². The van der Waals surface area contributed by atoms with Crippen molar-refractivity contribution in [3.63, 3.8) is 0 Å². The lowest BCUT2D eigenvalue weighted by Crippen LogP contribution is -2.01. The summed E-state index contributed by atoms with van der Waals surface area (Å²) in [4.78, 5) is 15.6. The van der Waals surface area contributed by atoms with Gasteiger partial charge in [-0.3, -0.25) is 0 Å². The summed E-state index contributed by atoms with van der Waals surface area (Å²) in [7, 11) is 0. The molecule has 0 N–H and O–H groups in total. The van der Waals surface area contributed by atoms with Crippen LogP contribution in [0.1, 0.15) is 0 Å². The van der Waals surface area contributed by atoms with Crippen molar-refractivity contribution in [2.45, 2.75) is 0 Å². The van der Waals surface area contributed by atoms with E-state index in [1.807, 2.05) is 0 Å². The lowest BCUT2D eigenvalue weighted by molar-refractivity contribution is 0.674. The number of rotatable bonds is 5. The number of para-hydroxylation sites is 3. The van der Waals surface area contributed by atoms with Crippen LogP contribution in [0.15, 0.2) is 199 Å². The number of furan rings is 1. The van der Waals surface area contributed by atoms with Gasteiger partial charge in [-0.25, -0.2) is 15.0 Å². The molecule has 5 nitrogen and oxygen atoms in total. The van der Waals surface area contributed by atoms with Crippen molar-refractivity contribution in [3.8, 4) is 51.0 Å². The average molecular weight is 741 g/mol. The van der Waals surface area contributed by atoms with E-state index in [2.05, 4.69) is 199 Å². The normalized spacial score (nSPS) is 11.8. The molecule has 0 unspecified atom stereocenters. The summed E-state index contributed by atoms with van der Waals surface area (Å²) in [5, 5.41) is 9.14. The maximum Gasteiger partial charge on any atom is 0.164 e. The van der Waals surface area contributed by atoms with Gasteiger partial charge in [0.1, 0.15) is 11.2 Å². The van der Waals surface area contributed by atoms with Crippen molar-refractivity contribution in [2.24, 2.45) is 0 Å². The highest BCUT2D eigenvalue weighted by Crippen LogP contribution is 2.40. The van der Waals surface area contributed by atoms with Gasteiger partial charge in [-0.2, -0.15) is 0 Å². The fourth-order valence-corrected chi connectivity index (χ4v) is 8.64. The first-order valence-corrected chi connectivity index (χ1v) is 19.5. The van der Waals surface area contributed by atoms with Crippen LogP contribution in [0, 0.1) is 0 Å². The molecule has 5 heteroatoms. The van der Waals surface area contributed by atoms with Gasteiger partial charge < -0.3 is 8.98 Å². The Morgan fingerprint density at radius 1 is 0.328 bits per heavy atom. The standard InChI is InChI=1S/C53H32N4O/c1-2-17-40(18-3-1)57-47-23-9-8-20-43(47)44-28-27-39(32-48(44)57)53-55-51(54-52(56-53)38-25-24-33-12-4-5-14-35(33)30-38)37-16-10-15-36(31-37)42-21-11-22-45-46-29-26-34-13-6-7-19-41(34)49(46)58-50(42)45/h1-32H. The van der Waals surface area contributed by atoms with Gasteiger partial charge in [0.2, 0.25) is 0 Å². The minimum Gasteiger partial charge on any atom is -0.455 e. The first-order valence-electron chi connectivity index (χ1n) is 19.5. The fraction of sp³-hybridized carbons (Fsp3) is 0. The third-order valence-electron chi connectivity index (χ3n) is 11.4. The van der Waals surface area contributed by atoms with E-state index in [0.717, 1.165) is 82.6 Å². The number of hydrogen-bond donors (Lipinski definition) is 0. The lowest BCUT2D eigenvalue weighted by atomic mass is 9.99. The second-order valence-electron chi connectivity index (χ2n) is 14.8. The number of fused-ring (bicyclic) bond motifs is 9. The smallest absolute Gasteiger partial charge is 0.164 e. The molecule has 0 fully saturated rings. The number of hydrogen-bond acceptors (Lipinski definition) is 4. The van der Waals surface area contributed by atoms with E-state index in [4.69, 9.17) is 19.4 Å². The molecule has 0 amide bonds. The third-order valence-corrected chi connectivity index (χ3v) is 11.4. The van der Waals surface area contributed by atoms with E-state index in [0.29, 0.717) is 17.5 Å². The van der Waals surface area contributed by atoms with Gasteiger partial charge in [-0.05, 0) is 64.2 Å². The van der Waals surface area contributed by atoms with Crippen molar-refractivity contribution in [3.05, 3.63) is 194 Å². The molecule has 0 aliphatic heterocycles. The van der Waals surface area contributed by atoms with E-state index in [1.165, 1.54) is 16.2 Å². The number of aromatic nitrogens is 4. The fourth-order valence-electron chi connectivity index (χ4n) is 8.64. The Bertz CT molecular complexity index is 3580. The highest BCUT2D eigenvalue weighted by atomic mass is 16.3. The number of benzene rings is 9. The molecule has 3 aromatic heterocycles. The van der Waals surface area contributed by atoms with Gasteiger partial charge in [0.15, 0.2) is 17.5 Å². The molecule has 58 heavy (non-hydrogen) atoms. The molecule has 0 radical (unpaired) electrons. The molecule has 0 atom stereocenters. The van der Waals surface area contributed by atoms with Crippen molar-refractivity contribution < 1.29 is 4.42 Å². The molecular weight excluding hydrogens is 709 g/mol. The van der Waals surface area contributed by atoms with Gasteiger partial charge in [0, 0.05) is 54.9 Å². The van der Waals surface area contributed by atoms with E-state index in [-0.39, 0.29) is 0 Å². The number of nitrogens with zero attached hydrogens (tertiary/aromatic N) is 4. The summed E-state index contributed by atoms with van der Waals surface area (Å²) in [6.07, 6.45) is 0. The molecule has 12 aromatic rings. The SMILES string of the molecule is c1ccc(-n2c3ccccc3c3ccc(-c4nc(-c5cccc(-c6cccc7c6oc6c8ccccc8ccc76)c5)nc(-c5ccc6ccccc6c5)n4)cc32)cc1. The Kier molecular flexibility index (Phi) is 7.16. The maximum atomic E-state index is 6.74. The molecule has 0 bridgehead atoms. The Morgan fingerprint density at radius 3 is 1.74 bits per heavy atom. The van der Waals surface area contributed by atoms with Crippen molar-refractivity contribution >= 4 is 65.3 Å². The van der Waals surface area contributed by atoms with Gasteiger partial charge in [0.05, 0.1) is 11.0 Å². The summed E-state index contributed by atoms with van der Waals surface area (Å²) >= 11 is 0. The minimum absolute atomic E-state index is 0.599. The highest BCUT2D eigenvalue weighted by Gasteiger charge is 2.19. The summed E-state index contributed by atoms with van der Waals surface area (Å²) in [6.45, 7) is 0. The molecule has 0 spiro atoms. The Morgan fingerprint density at radius 2 is 0.897 bits per heavy atom. The van der Waals surface area contributed by atoms with Gasteiger partial charge in [-0.1, -0.05) is 152 Å². The van der Waals surface area contributed by atoms with Crippen LogP contribution in [0.4, 0.5) is 0 Å². The zero-order chi connectivity index (χ0) is 38.2. The molecular formula is C53H32N4O. The Balaban J connectivity index is 1.05. The summed E-state index contributed by atoms with van der Waals surface area (Å²) in [5.41, 5.74) is 9.88. The van der Waals surface area contributed by atoms with Crippen LogP contribution < -0.4 is 0 Å². The minimum atomic E-state index is 0.599. The van der Waals surface area contributed by atoms with E-state index < -0.39 is 0 Å². The van der Waals surface area contributed by atoms with E-state index in [9.17, 15) is 0 Å². The second kappa shape index (κ2) is 12.8. The molecule has 0 saturated carbocycles. The van der Waals surface area contributed by atoms with Crippen molar-refractivity contribution in [2.75, 3.05) is 0 Å². The van der Waals surface area contributed by atoms with Crippen LogP contribution in [0.2, 0.25) is 0 Å². The predicted octanol–water partition coefficient (Wildman–Crippen LogP) is 13.8. The summed E-state index contributed by atoms with van der Waals surface area (Å²) < 4.78 is 9.07. The van der Waals surface area contributed by atoms with Gasteiger partial charge >= 0.3 is 0 Å². The van der Waals surface area contributed by atoms with Crippen LogP contribution in [0.25, 0.3) is 116 Å². The molecule has 270 valence electrons. The van der Waals surface area contributed by atoms with Crippen LogP contribution in [0.3, 0.4) is 0 Å². The Hall–Kier alpha value is -7.89. The molecule has 9 aromatic carbocycles. The quantitative estimate of drug-likeness (QED) is 0.176. The molecule has 12 rings (SSSR count). The zero-order valence-electron chi connectivity index (χ0n) is 31.2. The van der Waals surface area contributed by atoms with Crippen molar-refractivity contribution in [1.29, 1.82) is 0 Å². The predicted molar refractivity (Wildman–Crippen MR) is 238 cm³/mol. The van der Waals surface area contributed by atoms with Gasteiger partial charge in [-0.15, -0.1) is 0 Å². The van der Waals surface area contributed by atoms with E-state index >= 15 is 0 Å². The third kappa shape index (κ3) is 5.14. The monoisotopic (exact) mass is 740 g/mol. The summed E-state index contributed by atoms with van der Waals surface area (Å²) in [6, 6.07) is 68.0. The largest absolute Gasteiger partial charge is 0.455 e. The van der Waals surface area contributed by atoms with Crippen LogP contribution in [-0.2, 0) is 0 Å². The van der Waals surface area contributed by atoms with Crippen LogP contribution >= 0.6 is 0 Å². The topological polar surface area (TPSA) is 56.7 Å². The first kappa shape index (κ1) is 32.4. The molecule has 0 aliphatic rings.